The summed E-state index contributed by atoms with van der Waals surface area (Å²) in [6, 6.07) is 12.4. The molecule has 0 unspecified atom stereocenters. The lowest BCUT2D eigenvalue weighted by Crippen LogP contribution is -2.21. The van der Waals surface area contributed by atoms with Gasteiger partial charge in [-0.05, 0) is 52.7 Å². The van der Waals surface area contributed by atoms with Crippen molar-refractivity contribution in [2.45, 2.75) is 13.3 Å². The number of nitrogens with one attached hydrogen (secondary N) is 2. The van der Waals surface area contributed by atoms with Gasteiger partial charge in [-0.15, -0.1) is 0 Å². The summed E-state index contributed by atoms with van der Waals surface area (Å²) in [5.41, 5.74) is 1.99. The highest BCUT2D eigenvalue weighted by Crippen LogP contribution is 2.23. The molecule has 0 heterocycles. The van der Waals surface area contributed by atoms with Gasteiger partial charge >= 0.3 is 0 Å². The zero-order valence-corrected chi connectivity index (χ0v) is 14.2. The maximum absolute atomic E-state index is 11.9. The molecule has 0 aliphatic carbocycles. The molecule has 2 aromatic rings. The standard InChI is InChI=1S/C16H14BrClN2O2/c1-10-12(18)6-4-8-13(10)19-15(21)9-16(22)20-14-7-3-2-5-11(14)17/h2-8H,9H2,1H3,(H,19,21)(H,20,22). The number of anilines is 2. The number of amides is 2. The fourth-order valence-electron chi connectivity index (χ4n) is 1.84. The minimum atomic E-state index is -0.394. The van der Waals surface area contributed by atoms with E-state index in [0.717, 1.165) is 10.0 Å². The molecule has 4 nitrogen and oxygen atoms in total. The zero-order valence-electron chi connectivity index (χ0n) is 11.8. The topological polar surface area (TPSA) is 58.2 Å². The normalized spacial score (nSPS) is 10.1. The third-order valence-electron chi connectivity index (χ3n) is 3.01. The van der Waals surface area contributed by atoms with Crippen molar-refractivity contribution in [1.82, 2.24) is 0 Å². The largest absolute Gasteiger partial charge is 0.325 e. The highest BCUT2D eigenvalue weighted by molar-refractivity contribution is 9.10. The Bertz CT molecular complexity index is 719. The van der Waals surface area contributed by atoms with Crippen LogP contribution in [0.5, 0.6) is 0 Å². The summed E-state index contributed by atoms with van der Waals surface area (Å²) in [5.74, 6) is -0.779. The summed E-state index contributed by atoms with van der Waals surface area (Å²) in [6.07, 6.45) is -0.271. The number of rotatable bonds is 4. The van der Waals surface area contributed by atoms with E-state index in [1.807, 2.05) is 12.1 Å². The van der Waals surface area contributed by atoms with Crippen LogP contribution in [0, 0.1) is 6.92 Å². The minimum Gasteiger partial charge on any atom is -0.325 e. The Kier molecular flexibility index (Phi) is 5.57. The highest BCUT2D eigenvalue weighted by atomic mass is 79.9. The molecule has 114 valence electrons. The van der Waals surface area contributed by atoms with E-state index < -0.39 is 5.91 Å². The van der Waals surface area contributed by atoms with Crippen LogP contribution in [0.25, 0.3) is 0 Å². The number of carbonyl (C=O) groups is 2. The van der Waals surface area contributed by atoms with Crippen molar-refractivity contribution >= 4 is 50.7 Å². The van der Waals surface area contributed by atoms with E-state index in [2.05, 4.69) is 26.6 Å². The van der Waals surface area contributed by atoms with Gasteiger partial charge in [0.05, 0.1) is 5.69 Å². The van der Waals surface area contributed by atoms with Gasteiger partial charge in [0, 0.05) is 15.2 Å². The molecule has 0 atom stereocenters. The van der Waals surface area contributed by atoms with E-state index in [1.54, 1.807) is 37.3 Å². The van der Waals surface area contributed by atoms with Crippen molar-refractivity contribution in [2.75, 3.05) is 10.6 Å². The van der Waals surface area contributed by atoms with E-state index in [4.69, 9.17) is 11.6 Å². The van der Waals surface area contributed by atoms with Crippen LogP contribution in [0.4, 0.5) is 11.4 Å². The molecular formula is C16H14BrClN2O2. The summed E-state index contributed by atoms with van der Waals surface area (Å²) in [4.78, 5) is 23.8. The van der Waals surface area contributed by atoms with Gasteiger partial charge in [-0.25, -0.2) is 0 Å². The Balaban J connectivity index is 1.96. The molecule has 2 rings (SSSR count). The van der Waals surface area contributed by atoms with Gasteiger partial charge in [0.15, 0.2) is 0 Å². The summed E-state index contributed by atoms with van der Waals surface area (Å²) in [7, 11) is 0. The Morgan fingerprint density at radius 3 is 2.27 bits per heavy atom. The molecule has 0 saturated heterocycles. The van der Waals surface area contributed by atoms with Crippen molar-refractivity contribution < 1.29 is 9.59 Å². The molecule has 2 N–H and O–H groups in total. The predicted octanol–water partition coefficient (Wildman–Crippen LogP) is 4.38. The molecule has 0 bridgehead atoms. The lowest BCUT2D eigenvalue weighted by Gasteiger charge is -2.10. The van der Waals surface area contributed by atoms with E-state index in [-0.39, 0.29) is 12.3 Å². The van der Waals surface area contributed by atoms with Crippen molar-refractivity contribution in [3.63, 3.8) is 0 Å². The molecule has 0 radical (unpaired) electrons. The average molecular weight is 382 g/mol. The van der Waals surface area contributed by atoms with Crippen molar-refractivity contribution in [3.8, 4) is 0 Å². The first-order valence-corrected chi connectivity index (χ1v) is 7.74. The van der Waals surface area contributed by atoms with Crippen LogP contribution in [0.2, 0.25) is 5.02 Å². The van der Waals surface area contributed by atoms with Crippen molar-refractivity contribution in [1.29, 1.82) is 0 Å². The SMILES string of the molecule is Cc1c(Cl)cccc1NC(=O)CC(=O)Nc1ccccc1Br. The second kappa shape index (κ2) is 7.42. The van der Waals surface area contributed by atoms with E-state index in [0.29, 0.717) is 16.4 Å². The van der Waals surface area contributed by atoms with Crippen LogP contribution in [-0.2, 0) is 9.59 Å². The number of halogens is 2. The molecule has 2 amide bonds. The van der Waals surface area contributed by atoms with Crippen LogP contribution >= 0.6 is 27.5 Å². The van der Waals surface area contributed by atoms with E-state index in [9.17, 15) is 9.59 Å². The first-order chi connectivity index (χ1) is 10.5. The molecule has 0 spiro atoms. The quantitative estimate of drug-likeness (QED) is 0.772. The summed E-state index contributed by atoms with van der Waals surface area (Å²) in [5, 5.41) is 5.93. The van der Waals surface area contributed by atoms with Crippen LogP contribution in [0.1, 0.15) is 12.0 Å². The van der Waals surface area contributed by atoms with Crippen LogP contribution in [0.3, 0.4) is 0 Å². The monoisotopic (exact) mass is 380 g/mol. The van der Waals surface area contributed by atoms with E-state index in [1.165, 1.54) is 0 Å². The lowest BCUT2D eigenvalue weighted by molar-refractivity contribution is -0.123. The van der Waals surface area contributed by atoms with Gasteiger partial charge in [0.1, 0.15) is 6.42 Å². The number of hydrogen-bond acceptors (Lipinski definition) is 2. The van der Waals surface area contributed by atoms with E-state index >= 15 is 0 Å². The Labute approximate surface area is 142 Å². The maximum Gasteiger partial charge on any atom is 0.233 e. The van der Waals surface area contributed by atoms with Crippen molar-refractivity contribution in [2.24, 2.45) is 0 Å². The molecule has 0 saturated carbocycles. The highest BCUT2D eigenvalue weighted by Gasteiger charge is 2.12. The Morgan fingerprint density at radius 2 is 1.59 bits per heavy atom. The molecule has 6 heteroatoms. The molecule has 0 aliphatic heterocycles. The smallest absolute Gasteiger partial charge is 0.233 e. The molecule has 0 aliphatic rings. The first kappa shape index (κ1) is 16.5. The second-order valence-corrected chi connectivity index (χ2v) is 5.93. The third kappa shape index (κ3) is 4.32. The van der Waals surface area contributed by atoms with Crippen LogP contribution < -0.4 is 10.6 Å². The zero-order chi connectivity index (χ0) is 16.1. The van der Waals surface area contributed by atoms with Gasteiger partial charge in [-0.3, -0.25) is 9.59 Å². The third-order valence-corrected chi connectivity index (χ3v) is 4.11. The average Bonchev–Trinajstić information content (AvgIpc) is 2.46. The van der Waals surface area contributed by atoms with Crippen molar-refractivity contribution in [3.05, 3.63) is 57.5 Å². The molecule has 2 aromatic carbocycles. The Morgan fingerprint density at radius 1 is 1.00 bits per heavy atom. The van der Waals surface area contributed by atoms with Gasteiger partial charge in [0.2, 0.25) is 11.8 Å². The number of hydrogen-bond donors (Lipinski definition) is 2. The van der Waals surface area contributed by atoms with Gasteiger partial charge in [-0.2, -0.15) is 0 Å². The summed E-state index contributed by atoms with van der Waals surface area (Å²) >= 11 is 9.32. The second-order valence-electron chi connectivity index (χ2n) is 4.67. The van der Waals surface area contributed by atoms with Crippen LogP contribution in [0.15, 0.2) is 46.9 Å². The number of para-hydroxylation sites is 1. The fraction of sp³-hybridized carbons (Fsp3) is 0.125. The van der Waals surface area contributed by atoms with Crippen LogP contribution in [-0.4, -0.2) is 11.8 Å². The van der Waals surface area contributed by atoms with Gasteiger partial charge in [-0.1, -0.05) is 29.8 Å². The molecule has 0 aromatic heterocycles. The summed E-state index contributed by atoms with van der Waals surface area (Å²) in [6.45, 7) is 1.80. The maximum atomic E-state index is 11.9. The fourth-order valence-corrected chi connectivity index (χ4v) is 2.40. The number of carbonyl (C=O) groups excluding carboxylic acids is 2. The molecular weight excluding hydrogens is 368 g/mol. The number of benzene rings is 2. The summed E-state index contributed by atoms with van der Waals surface area (Å²) < 4.78 is 0.759. The minimum absolute atomic E-state index is 0.271. The Hall–Kier alpha value is -1.85. The predicted molar refractivity (Wildman–Crippen MR) is 92.2 cm³/mol. The lowest BCUT2D eigenvalue weighted by atomic mass is 10.2. The first-order valence-electron chi connectivity index (χ1n) is 6.56. The molecule has 0 fully saturated rings. The van der Waals surface area contributed by atoms with Gasteiger partial charge in [0.25, 0.3) is 0 Å². The molecule has 22 heavy (non-hydrogen) atoms. The van der Waals surface area contributed by atoms with Gasteiger partial charge < -0.3 is 10.6 Å².